The maximum atomic E-state index is 14.0. The van der Waals surface area contributed by atoms with Crippen LogP contribution in [-0.2, 0) is 33.3 Å². The van der Waals surface area contributed by atoms with Gasteiger partial charge in [0.1, 0.15) is 11.7 Å². The number of hydrogen-bond acceptors (Lipinski definition) is 15. The molecule has 3 aliphatic heterocycles. The molecule has 65 heavy (non-hydrogen) atoms. The predicted molar refractivity (Wildman–Crippen MR) is 249 cm³/mol. The molecule has 3 fully saturated rings. The van der Waals surface area contributed by atoms with Gasteiger partial charge in [0, 0.05) is 50.2 Å². The number of anilines is 1. The Morgan fingerprint density at radius 3 is 2.15 bits per heavy atom. The number of rotatable bonds is 13. The van der Waals surface area contributed by atoms with Gasteiger partial charge in [0.25, 0.3) is 0 Å². The number of nitrogens with zero attached hydrogens (tertiary/aromatic N) is 4. The van der Waals surface area contributed by atoms with Crippen molar-refractivity contribution in [2.24, 2.45) is 34.7 Å². The summed E-state index contributed by atoms with van der Waals surface area (Å²) < 4.78 is 31.6. The molecule has 15 nitrogen and oxygen atoms in total. The van der Waals surface area contributed by atoms with E-state index in [0.717, 1.165) is 32.7 Å². The molecule has 3 aliphatic rings. The number of hydrogen-bond donors (Lipinski definition) is 3. The molecule has 0 amide bonds. The highest BCUT2D eigenvalue weighted by molar-refractivity contribution is 5.89. The van der Waals surface area contributed by atoms with E-state index in [1.807, 2.05) is 58.8 Å². The van der Waals surface area contributed by atoms with E-state index in [4.69, 9.17) is 28.5 Å². The molecule has 3 N–H and O–H groups in total. The van der Waals surface area contributed by atoms with Gasteiger partial charge < -0.3 is 53.6 Å². The lowest BCUT2D eigenvalue weighted by molar-refractivity contribution is -0.296. The van der Waals surface area contributed by atoms with Gasteiger partial charge in [-0.2, -0.15) is 0 Å². The Hall–Kier alpha value is -3.67. The van der Waals surface area contributed by atoms with Crippen molar-refractivity contribution in [3.05, 3.63) is 66.2 Å². The zero-order valence-electron chi connectivity index (χ0n) is 40.7. The minimum Gasteiger partial charge on any atom is -0.459 e. The third-order valence-corrected chi connectivity index (χ3v) is 14.3. The normalized spacial score (nSPS) is 36.5. The zero-order valence-corrected chi connectivity index (χ0v) is 40.7. The summed E-state index contributed by atoms with van der Waals surface area (Å²) in [5, 5.41) is 41.2. The molecule has 2 aromatic rings. The van der Waals surface area contributed by atoms with E-state index < -0.39 is 83.4 Å². The first-order valence-electron chi connectivity index (χ1n) is 23.6. The first-order chi connectivity index (χ1) is 30.8. The second-order valence-electron chi connectivity index (χ2n) is 19.5. The van der Waals surface area contributed by atoms with Gasteiger partial charge in [0.15, 0.2) is 12.4 Å². The summed E-state index contributed by atoms with van der Waals surface area (Å²) in [6.45, 7) is 20.7. The van der Waals surface area contributed by atoms with Crippen molar-refractivity contribution in [1.82, 2.24) is 9.80 Å². The molecule has 0 radical (unpaired) electrons. The van der Waals surface area contributed by atoms with Gasteiger partial charge in [-0.1, -0.05) is 83.1 Å². The van der Waals surface area contributed by atoms with Gasteiger partial charge in [0.05, 0.1) is 53.8 Å². The summed E-state index contributed by atoms with van der Waals surface area (Å²) in [6.07, 6.45) is -4.89. The fourth-order valence-corrected chi connectivity index (χ4v) is 9.90. The summed E-state index contributed by atoms with van der Waals surface area (Å²) >= 11 is 0. The summed E-state index contributed by atoms with van der Waals surface area (Å²) in [7, 11) is 3.83. The molecule has 1 unspecified atom stereocenters. The van der Waals surface area contributed by atoms with E-state index in [1.165, 1.54) is 12.6 Å². The van der Waals surface area contributed by atoms with Crippen molar-refractivity contribution >= 4 is 23.3 Å². The maximum Gasteiger partial charge on any atom is 0.338 e. The average Bonchev–Trinajstić information content (AvgIpc) is 3.29. The third kappa shape index (κ3) is 13.3. The fraction of sp³-hybridized carbons (Fsp3) is 0.700. The van der Waals surface area contributed by atoms with Crippen LogP contribution in [0.5, 0.6) is 0 Å². The van der Waals surface area contributed by atoms with Crippen LogP contribution < -0.4 is 4.90 Å². The summed E-state index contributed by atoms with van der Waals surface area (Å²) in [5.41, 5.74) is -1.53. The molecular formula is C50H78N4O11. The van der Waals surface area contributed by atoms with Crippen molar-refractivity contribution in [3.8, 4) is 0 Å². The van der Waals surface area contributed by atoms with Gasteiger partial charge in [-0.05, 0) is 90.2 Å². The Morgan fingerprint density at radius 1 is 0.908 bits per heavy atom. The summed E-state index contributed by atoms with van der Waals surface area (Å²) in [6, 6.07) is 18.8. The number of carbonyl (C=O) groups is 2. The Bertz CT molecular complexity index is 1810. The van der Waals surface area contributed by atoms with Gasteiger partial charge in [0.2, 0.25) is 6.79 Å². The first kappa shape index (κ1) is 52.3. The molecule has 364 valence electrons. The number of benzene rings is 2. The van der Waals surface area contributed by atoms with Gasteiger partial charge >= 0.3 is 11.9 Å². The van der Waals surface area contributed by atoms with Crippen molar-refractivity contribution in [2.75, 3.05) is 65.1 Å². The van der Waals surface area contributed by atoms with Crippen LogP contribution in [0.1, 0.15) is 91.9 Å². The number of oxime groups is 1. The molecule has 3 saturated heterocycles. The molecule has 0 bridgehead atoms. The molecule has 0 aliphatic carbocycles. The van der Waals surface area contributed by atoms with Gasteiger partial charge in [-0.3, -0.25) is 9.69 Å². The van der Waals surface area contributed by atoms with Gasteiger partial charge in [-0.15, -0.1) is 0 Å². The molecule has 5 rings (SSSR count). The molecule has 0 spiro atoms. The Labute approximate surface area is 387 Å². The standard InChI is InChI=1S/C50H78N4O11/c1-12-41-50(9,59)44(55)37(7)42(51-61-31-60-28-27-53-23-25-54(26-24-53)39-21-17-14-18-22-39)32(2)30-49(8,58)45(35(5)34(4)36(6)46(56)63-41)65-48-43(40(52(10)11)29-33(3)62-48)64-47(57)38-19-15-13-16-20-38/h13-22,32-37,40-41,43-45,48,55,58-59H,12,23-31H2,1-11H3/b51-42+/t32-,33+,34-,35-,36+,37+,40-,41+,43-,44-,45-,48?,49+,50-/m0/s1. The topological polar surface area (TPSA) is 172 Å². The third-order valence-electron chi connectivity index (χ3n) is 14.3. The van der Waals surface area contributed by atoms with Crippen molar-refractivity contribution < 1.29 is 53.4 Å². The highest BCUT2D eigenvalue weighted by Gasteiger charge is 2.51. The predicted octanol–water partition coefficient (Wildman–Crippen LogP) is 5.60. The largest absolute Gasteiger partial charge is 0.459 e. The monoisotopic (exact) mass is 911 g/mol. The number of likely N-dealkylation sites (N-methyl/N-ethyl adjacent to an activating group) is 1. The van der Waals surface area contributed by atoms with E-state index >= 15 is 0 Å². The Balaban J connectivity index is 1.40. The van der Waals surface area contributed by atoms with E-state index in [0.29, 0.717) is 24.3 Å². The smallest absolute Gasteiger partial charge is 0.338 e. The van der Waals surface area contributed by atoms with E-state index in [-0.39, 0.29) is 31.8 Å². The lowest BCUT2D eigenvalue weighted by Crippen LogP contribution is -2.60. The molecule has 0 saturated carbocycles. The lowest BCUT2D eigenvalue weighted by Gasteiger charge is -2.48. The number of ether oxygens (including phenoxy) is 5. The minimum absolute atomic E-state index is 0.0653. The van der Waals surface area contributed by atoms with Gasteiger partial charge in [-0.25, -0.2) is 4.79 Å². The summed E-state index contributed by atoms with van der Waals surface area (Å²) in [4.78, 5) is 40.1. The van der Waals surface area contributed by atoms with Crippen molar-refractivity contribution in [1.29, 1.82) is 0 Å². The van der Waals surface area contributed by atoms with Crippen LogP contribution in [0.25, 0.3) is 0 Å². The van der Waals surface area contributed by atoms with Crippen LogP contribution in [-0.4, -0.2) is 157 Å². The van der Waals surface area contributed by atoms with Crippen LogP contribution >= 0.6 is 0 Å². The zero-order chi connectivity index (χ0) is 47.6. The molecular weight excluding hydrogens is 833 g/mol. The van der Waals surface area contributed by atoms with E-state index in [9.17, 15) is 24.9 Å². The molecule has 2 aromatic carbocycles. The second kappa shape index (κ2) is 23.4. The molecule has 15 heteroatoms. The summed E-state index contributed by atoms with van der Waals surface area (Å²) in [5.74, 6) is -4.09. The maximum absolute atomic E-state index is 14.0. The number of esters is 2. The van der Waals surface area contributed by atoms with Crippen LogP contribution in [0.15, 0.2) is 65.8 Å². The number of para-hydroxylation sites is 1. The highest BCUT2D eigenvalue weighted by atomic mass is 16.7. The Kier molecular flexibility index (Phi) is 18.8. The second-order valence-corrected chi connectivity index (χ2v) is 19.5. The number of cyclic esters (lactones) is 1. The number of aliphatic hydroxyl groups is 3. The molecule has 3 heterocycles. The van der Waals surface area contributed by atoms with Crippen LogP contribution in [0, 0.1) is 29.6 Å². The average molecular weight is 911 g/mol. The minimum atomic E-state index is -1.87. The quantitative estimate of drug-likeness (QED) is 0.0982. The van der Waals surface area contributed by atoms with E-state index in [1.54, 1.807) is 52.0 Å². The van der Waals surface area contributed by atoms with Crippen LogP contribution in [0.2, 0.25) is 0 Å². The number of aliphatic hydroxyl groups excluding tert-OH is 1. The van der Waals surface area contributed by atoms with Crippen molar-refractivity contribution in [2.45, 2.75) is 136 Å². The number of carbonyl (C=O) groups excluding carboxylic acids is 2. The van der Waals surface area contributed by atoms with Crippen LogP contribution in [0.3, 0.4) is 0 Å². The Morgan fingerprint density at radius 2 is 1.54 bits per heavy atom. The van der Waals surface area contributed by atoms with Crippen LogP contribution in [0.4, 0.5) is 5.69 Å². The SMILES string of the molecule is CC[C@H]1OC(=O)[C@H](C)[C@@H](C)[C@H](C)[C@H](OC2O[C@H](C)C[C@H](N(C)C)[C@@H]2OC(=O)c2ccccc2)[C@](C)(O)C[C@H](C)/C(=N\OCOCCN2CCN(c3ccccc3)CC2)[C@@H](C)[C@H](O)[C@@]1(C)O. The lowest BCUT2D eigenvalue weighted by atomic mass is 9.72. The highest BCUT2D eigenvalue weighted by Crippen LogP contribution is 2.40. The molecule has 14 atom stereocenters. The first-order valence-corrected chi connectivity index (χ1v) is 23.6. The number of piperazine rings is 1. The molecule has 0 aromatic heterocycles. The van der Waals surface area contributed by atoms with E-state index in [2.05, 4.69) is 39.2 Å². The van der Waals surface area contributed by atoms with Crippen molar-refractivity contribution in [3.63, 3.8) is 0 Å². The fourth-order valence-electron chi connectivity index (χ4n) is 9.90.